The zero-order valence-electron chi connectivity index (χ0n) is 10.3. The molecule has 1 heterocycles. The number of aryl methyl sites for hydroxylation is 1. The van der Waals surface area contributed by atoms with Gasteiger partial charge in [0.25, 0.3) is 0 Å². The molecular weight excluding hydrogens is 196 g/mol. The van der Waals surface area contributed by atoms with Crippen LogP contribution in [0.25, 0.3) is 0 Å². The van der Waals surface area contributed by atoms with Crippen LogP contribution in [0.2, 0.25) is 0 Å². The fourth-order valence-corrected chi connectivity index (χ4v) is 2.37. The van der Waals surface area contributed by atoms with Crippen molar-refractivity contribution in [3.05, 3.63) is 29.8 Å². The Morgan fingerprint density at radius 3 is 2.44 bits per heavy atom. The van der Waals surface area contributed by atoms with Crippen LogP contribution in [0.4, 0.5) is 5.69 Å². The molecule has 2 nitrogen and oxygen atoms in total. The van der Waals surface area contributed by atoms with Crippen LogP contribution in [0.3, 0.4) is 0 Å². The predicted molar refractivity (Wildman–Crippen MR) is 69.9 cm³/mol. The molecule has 1 aromatic carbocycles. The van der Waals surface area contributed by atoms with Gasteiger partial charge in [-0.3, -0.25) is 0 Å². The van der Waals surface area contributed by atoms with Crippen molar-refractivity contribution in [3.63, 3.8) is 0 Å². The summed E-state index contributed by atoms with van der Waals surface area (Å²) in [6.07, 6.45) is 2.58. The quantitative estimate of drug-likeness (QED) is 0.815. The summed E-state index contributed by atoms with van der Waals surface area (Å²) in [6.45, 7) is 6.77. The first-order valence-electron chi connectivity index (χ1n) is 6.29. The zero-order chi connectivity index (χ0) is 11.4. The molecule has 1 unspecified atom stereocenters. The van der Waals surface area contributed by atoms with Gasteiger partial charge >= 0.3 is 0 Å². The van der Waals surface area contributed by atoms with E-state index in [0.717, 1.165) is 5.92 Å². The minimum atomic E-state index is 0.574. The van der Waals surface area contributed by atoms with Gasteiger partial charge in [0, 0.05) is 11.7 Å². The van der Waals surface area contributed by atoms with Gasteiger partial charge in [-0.2, -0.15) is 0 Å². The highest BCUT2D eigenvalue weighted by atomic mass is 14.9. The van der Waals surface area contributed by atoms with Gasteiger partial charge in [-0.25, -0.2) is 0 Å². The highest BCUT2D eigenvalue weighted by Crippen LogP contribution is 2.20. The van der Waals surface area contributed by atoms with Gasteiger partial charge in [0.1, 0.15) is 0 Å². The molecule has 88 valence electrons. The summed E-state index contributed by atoms with van der Waals surface area (Å²) in [5, 5.41) is 7.02. The Morgan fingerprint density at radius 2 is 1.81 bits per heavy atom. The molecule has 1 aliphatic heterocycles. The van der Waals surface area contributed by atoms with Crippen molar-refractivity contribution in [2.24, 2.45) is 5.92 Å². The number of hydrogen-bond donors (Lipinski definition) is 2. The minimum absolute atomic E-state index is 0.574. The van der Waals surface area contributed by atoms with E-state index in [4.69, 9.17) is 0 Å². The first-order chi connectivity index (χ1) is 7.75. The largest absolute Gasteiger partial charge is 0.382 e. The van der Waals surface area contributed by atoms with E-state index in [9.17, 15) is 0 Å². The maximum absolute atomic E-state index is 3.61. The minimum Gasteiger partial charge on any atom is -0.382 e. The number of benzene rings is 1. The van der Waals surface area contributed by atoms with Crippen molar-refractivity contribution >= 4 is 5.69 Å². The maximum atomic E-state index is 3.61. The van der Waals surface area contributed by atoms with E-state index in [1.165, 1.54) is 37.2 Å². The lowest BCUT2D eigenvalue weighted by molar-refractivity contribution is 0.343. The Bertz CT molecular complexity index is 312. The van der Waals surface area contributed by atoms with Crippen LogP contribution in [0.5, 0.6) is 0 Å². The number of nitrogens with one attached hydrogen (secondary N) is 2. The summed E-state index contributed by atoms with van der Waals surface area (Å²) in [5.74, 6) is 0.808. The molecule has 0 spiro atoms. The monoisotopic (exact) mass is 218 g/mol. The SMILES string of the molecule is Cc1ccc(NC(C)C2CCNCC2)cc1. The first kappa shape index (κ1) is 11.5. The maximum Gasteiger partial charge on any atom is 0.0342 e. The van der Waals surface area contributed by atoms with Gasteiger partial charge in [0.15, 0.2) is 0 Å². The first-order valence-corrected chi connectivity index (χ1v) is 6.29. The van der Waals surface area contributed by atoms with Crippen molar-refractivity contribution in [2.45, 2.75) is 32.7 Å². The third-order valence-corrected chi connectivity index (χ3v) is 3.54. The average molecular weight is 218 g/mol. The molecule has 1 saturated heterocycles. The Balaban J connectivity index is 1.90. The van der Waals surface area contributed by atoms with Gasteiger partial charge in [0.05, 0.1) is 0 Å². The summed E-state index contributed by atoms with van der Waals surface area (Å²) >= 11 is 0. The molecule has 16 heavy (non-hydrogen) atoms. The second-order valence-corrected chi connectivity index (χ2v) is 4.89. The summed E-state index contributed by atoms with van der Waals surface area (Å²) in [7, 11) is 0. The summed E-state index contributed by atoms with van der Waals surface area (Å²) in [6, 6.07) is 9.25. The Kier molecular flexibility index (Phi) is 3.83. The molecule has 0 saturated carbocycles. The van der Waals surface area contributed by atoms with Gasteiger partial charge in [-0.15, -0.1) is 0 Å². The topological polar surface area (TPSA) is 24.1 Å². The summed E-state index contributed by atoms with van der Waals surface area (Å²) in [4.78, 5) is 0. The molecule has 0 amide bonds. The van der Waals surface area contributed by atoms with Crippen molar-refractivity contribution < 1.29 is 0 Å². The van der Waals surface area contributed by atoms with Crippen LogP contribution in [-0.4, -0.2) is 19.1 Å². The van der Waals surface area contributed by atoms with E-state index in [-0.39, 0.29) is 0 Å². The third kappa shape index (κ3) is 2.99. The van der Waals surface area contributed by atoms with E-state index < -0.39 is 0 Å². The highest BCUT2D eigenvalue weighted by Gasteiger charge is 2.19. The van der Waals surface area contributed by atoms with Gasteiger partial charge in [0.2, 0.25) is 0 Å². The van der Waals surface area contributed by atoms with Gasteiger partial charge in [-0.1, -0.05) is 17.7 Å². The molecule has 2 rings (SSSR count). The summed E-state index contributed by atoms with van der Waals surface area (Å²) < 4.78 is 0. The second kappa shape index (κ2) is 5.35. The van der Waals surface area contributed by atoms with Crippen LogP contribution in [0.1, 0.15) is 25.3 Å². The lowest BCUT2D eigenvalue weighted by Crippen LogP contribution is -2.36. The van der Waals surface area contributed by atoms with Crippen LogP contribution >= 0.6 is 0 Å². The fraction of sp³-hybridized carbons (Fsp3) is 0.571. The second-order valence-electron chi connectivity index (χ2n) is 4.89. The van der Waals surface area contributed by atoms with Crippen LogP contribution in [0, 0.1) is 12.8 Å². The van der Waals surface area contributed by atoms with Crippen molar-refractivity contribution in [1.29, 1.82) is 0 Å². The molecule has 1 fully saturated rings. The third-order valence-electron chi connectivity index (χ3n) is 3.54. The van der Waals surface area contributed by atoms with Crippen molar-refractivity contribution in [1.82, 2.24) is 5.32 Å². The Labute approximate surface area is 98.4 Å². The molecule has 2 heteroatoms. The smallest absolute Gasteiger partial charge is 0.0342 e. The lowest BCUT2D eigenvalue weighted by atomic mass is 9.91. The predicted octanol–water partition coefficient (Wildman–Crippen LogP) is 2.80. The highest BCUT2D eigenvalue weighted by molar-refractivity contribution is 5.45. The number of hydrogen-bond acceptors (Lipinski definition) is 2. The fourth-order valence-electron chi connectivity index (χ4n) is 2.37. The van der Waals surface area contributed by atoms with E-state index in [2.05, 4.69) is 48.7 Å². The molecule has 1 atom stereocenters. The number of piperidine rings is 1. The molecule has 0 aliphatic carbocycles. The number of rotatable bonds is 3. The summed E-state index contributed by atoms with van der Waals surface area (Å²) in [5.41, 5.74) is 2.57. The molecular formula is C14H22N2. The van der Waals surface area contributed by atoms with E-state index in [1.54, 1.807) is 0 Å². The molecule has 0 bridgehead atoms. The van der Waals surface area contributed by atoms with Crippen LogP contribution < -0.4 is 10.6 Å². The van der Waals surface area contributed by atoms with Crippen molar-refractivity contribution in [2.75, 3.05) is 18.4 Å². The average Bonchev–Trinajstić information content (AvgIpc) is 2.33. The normalized spacial score (nSPS) is 19.4. The Hall–Kier alpha value is -1.02. The van der Waals surface area contributed by atoms with Crippen LogP contribution in [-0.2, 0) is 0 Å². The van der Waals surface area contributed by atoms with E-state index in [1.807, 2.05) is 0 Å². The Morgan fingerprint density at radius 1 is 1.19 bits per heavy atom. The lowest BCUT2D eigenvalue weighted by Gasteiger charge is -2.29. The van der Waals surface area contributed by atoms with E-state index in [0.29, 0.717) is 6.04 Å². The zero-order valence-corrected chi connectivity index (χ0v) is 10.3. The standard InChI is InChI=1S/C14H22N2/c1-11-3-5-14(6-4-11)16-12(2)13-7-9-15-10-8-13/h3-6,12-13,15-16H,7-10H2,1-2H3. The molecule has 0 radical (unpaired) electrons. The molecule has 1 aliphatic rings. The molecule has 2 N–H and O–H groups in total. The molecule has 0 aromatic heterocycles. The number of anilines is 1. The van der Waals surface area contributed by atoms with Gasteiger partial charge in [-0.05, 0) is 57.8 Å². The van der Waals surface area contributed by atoms with Gasteiger partial charge < -0.3 is 10.6 Å². The van der Waals surface area contributed by atoms with E-state index >= 15 is 0 Å². The molecule has 1 aromatic rings. The van der Waals surface area contributed by atoms with Crippen LogP contribution in [0.15, 0.2) is 24.3 Å². The van der Waals surface area contributed by atoms with Crippen molar-refractivity contribution in [3.8, 4) is 0 Å².